The molecular formula is C16H24N2O3. The van der Waals surface area contributed by atoms with E-state index in [9.17, 15) is 9.59 Å². The van der Waals surface area contributed by atoms with Crippen LogP contribution in [0, 0.1) is 5.92 Å². The van der Waals surface area contributed by atoms with Gasteiger partial charge in [0.15, 0.2) is 0 Å². The van der Waals surface area contributed by atoms with Gasteiger partial charge in [0.2, 0.25) is 5.91 Å². The van der Waals surface area contributed by atoms with E-state index in [-0.39, 0.29) is 17.7 Å². The third kappa shape index (κ3) is 6.29. The highest BCUT2D eigenvalue weighted by molar-refractivity contribution is 5.76. The van der Waals surface area contributed by atoms with Crippen LogP contribution in [0.25, 0.3) is 0 Å². The molecule has 1 aromatic carbocycles. The maximum absolute atomic E-state index is 11.8. The molecule has 4 N–H and O–H groups in total. The second-order valence-corrected chi connectivity index (χ2v) is 5.50. The number of carbonyl (C=O) groups excluding carboxylic acids is 1. The average Bonchev–Trinajstić information content (AvgIpc) is 2.43. The van der Waals surface area contributed by atoms with E-state index in [4.69, 9.17) is 10.8 Å². The monoisotopic (exact) mass is 292 g/mol. The molecule has 1 aromatic rings. The van der Waals surface area contributed by atoms with Gasteiger partial charge in [-0.3, -0.25) is 9.59 Å². The van der Waals surface area contributed by atoms with Gasteiger partial charge in [-0.1, -0.05) is 26.0 Å². The van der Waals surface area contributed by atoms with Crippen molar-refractivity contribution in [1.82, 2.24) is 5.32 Å². The molecule has 0 heterocycles. The summed E-state index contributed by atoms with van der Waals surface area (Å²) in [7, 11) is 0. The van der Waals surface area contributed by atoms with Crippen molar-refractivity contribution in [1.29, 1.82) is 0 Å². The fourth-order valence-corrected chi connectivity index (χ4v) is 2.05. The number of carbonyl (C=O) groups is 2. The van der Waals surface area contributed by atoms with E-state index in [0.717, 1.165) is 5.56 Å². The smallest absolute Gasteiger partial charge is 0.306 e. The van der Waals surface area contributed by atoms with Crippen molar-refractivity contribution in [2.45, 2.75) is 39.0 Å². The van der Waals surface area contributed by atoms with Crippen LogP contribution in [0.4, 0.5) is 5.69 Å². The first-order chi connectivity index (χ1) is 9.90. The standard InChI is InChI=1S/C16H24N2O3/c1-11(16(20)21)4-3-9-18-15(19)10-12(2)13-5-7-14(17)8-6-13/h5-8,11-12H,3-4,9-10,17H2,1-2H3,(H,18,19)(H,20,21). The van der Waals surface area contributed by atoms with Crippen molar-refractivity contribution in [2.75, 3.05) is 12.3 Å². The lowest BCUT2D eigenvalue weighted by Crippen LogP contribution is -2.26. The van der Waals surface area contributed by atoms with E-state index in [1.54, 1.807) is 6.92 Å². The van der Waals surface area contributed by atoms with Gasteiger partial charge in [0, 0.05) is 18.7 Å². The van der Waals surface area contributed by atoms with E-state index in [1.807, 2.05) is 31.2 Å². The first-order valence-electron chi connectivity index (χ1n) is 7.25. The van der Waals surface area contributed by atoms with Gasteiger partial charge in [0.1, 0.15) is 0 Å². The molecule has 0 aliphatic rings. The highest BCUT2D eigenvalue weighted by Gasteiger charge is 2.12. The number of rotatable bonds is 8. The fraction of sp³-hybridized carbons (Fsp3) is 0.500. The van der Waals surface area contributed by atoms with Crippen LogP contribution < -0.4 is 11.1 Å². The number of aliphatic carboxylic acids is 1. The number of amides is 1. The maximum atomic E-state index is 11.8. The molecule has 2 atom stereocenters. The Hall–Kier alpha value is -2.04. The van der Waals surface area contributed by atoms with Crippen LogP contribution in [0.1, 0.15) is 44.6 Å². The molecule has 1 rings (SSSR count). The van der Waals surface area contributed by atoms with E-state index >= 15 is 0 Å². The molecule has 5 nitrogen and oxygen atoms in total. The second kappa shape index (κ2) is 8.29. The molecule has 0 aliphatic carbocycles. The van der Waals surface area contributed by atoms with Crippen LogP contribution in [0.2, 0.25) is 0 Å². The molecule has 0 saturated heterocycles. The Morgan fingerprint density at radius 3 is 2.43 bits per heavy atom. The molecule has 0 aliphatic heterocycles. The van der Waals surface area contributed by atoms with Crippen LogP contribution in [-0.2, 0) is 9.59 Å². The Morgan fingerprint density at radius 1 is 1.24 bits per heavy atom. The Morgan fingerprint density at radius 2 is 1.86 bits per heavy atom. The van der Waals surface area contributed by atoms with E-state index in [0.29, 0.717) is 31.5 Å². The van der Waals surface area contributed by atoms with Crippen molar-refractivity contribution >= 4 is 17.6 Å². The average molecular weight is 292 g/mol. The van der Waals surface area contributed by atoms with Gasteiger partial charge in [0.05, 0.1) is 5.92 Å². The third-order valence-electron chi connectivity index (χ3n) is 3.55. The number of hydrogen-bond donors (Lipinski definition) is 3. The summed E-state index contributed by atoms with van der Waals surface area (Å²) in [5.41, 5.74) is 7.43. The number of carboxylic acid groups (broad SMARTS) is 1. The highest BCUT2D eigenvalue weighted by Crippen LogP contribution is 2.19. The Labute approximate surface area is 125 Å². The van der Waals surface area contributed by atoms with Crippen LogP contribution in [0.3, 0.4) is 0 Å². The van der Waals surface area contributed by atoms with Gasteiger partial charge < -0.3 is 16.2 Å². The highest BCUT2D eigenvalue weighted by atomic mass is 16.4. The summed E-state index contributed by atoms with van der Waals surface area (Å²) in [6.07, 6.45) is 1.66. The quantitative estimate of drug-likeness (QED) is 0.506. The predicted octanol–water partition coefficient (Wildman–Crippen LogP) is 2.38. The van der Waals surface area contributed by atoms with Crippen molar-refractivity contribution in [3.63, 3.8) is 0 Å². The molecule has 1 amide bonds. The zero-order valence-corrected chi connectivity index (χ0v) is 12.6. The predicted molar refractivity (Wildman–Crippen MR) is 82.9 cm³/mol. The third-order valence-corrected chi connectivity index (χ3v) is 3.55. The number of nitrogens with two attached hydrogens (primary N) is 1. The minimum Gasteiger partial charge on any atom is -0.481 e. The second-order valence-electron chi connectivity index (χ2n) is 5.50. The number of carboxylic acids is 1. The molecule has 0 aromatic heterocycles. The van der Waals surface area contributed by atoms with Gasteiger partial charge in [-0.05, 0) is 36.5 Å². The fourth-order valence-electron chi connectivity index (χ4n) is 2.05. The summed E-state index contributed by atoms with van der Waals surface area (Å²) in [6.45, 7) is 4.19. The van der Waals surface area contributed by atoms with Crippen molar-refractivity contribution in [3.8, 4) is 0 Å². The van der Waals surface area contributed by atoms with Gasteiger partial charge in [-0.2, -0.15) is 0 Å². The molecule has 21 heavy (non-hydrogen) atoms. The molecule has 116 valence electrons. The largest absolute Gasteiger partial charge is 0.481 e. The Bertz CT molecular complexity index is 471. The summed E-state index contributed by atoms with van der Waals surface area (Å²) in [5, 5.41) is 11.6. The van der Waals surface area contributed by atoms with E-state index in [2.05, 4.69) is 5.32 Å². The van der Waals surface area contributed by atoms with Crippen LogP contribution in [0.15, 0.2) is 24.3 Å². The number of nitrogen functional groups attached to an aromatic ring is 1. The van der Waals surface area contributed by atoms with Gasteiger partial charge in [-0.15, -0.1) is 0 Å². The van der Waals surface area contributed by atoms with E-state index < -0.39 is 5.97 Å². The first-order valence-corrected chi connectivity index (χ1v) is 7.25. The summed E-state index contributed by atoms with van der Waals surface area (Å²) in [6, 6.07) is 7.53. The molecule has 5 heteroatoms. The summed E-state index contributed by atoms with van der Waals surface area (Å²) in [5.74, 6) is -1.04. The minimum atomic E-state index is -0.793. The van der Waals surface area contributed by atoms with Crippen LogP contribution in [-0.4, -0.2) is 23.5 Å². The minimum absolute atomic E-state index is 0.0118. The lowest BCUT2D eigenvalue weighted by atomic mass is 9.97. The SMILES string of the molecule is CC(CCCNC(=O)CC(C)c1ccc(N)cc1)C(=O)O. The normalized spacial score (nSPS) is 13.4. The molecule has 0 saturated carbocycles. The Kier molecular flexibility index (Phi) is 6.72. The summed E-state index contributed by atoms with van der Waals surface area (Å²) in [4.78, 5) is 22.5. The van der Waals surface area contributed by atoms with Gasteiger partial charge in [-0.25, -0.2) is 0 Å². The lowest BCUT2D eigenvalue weighted by molar-refractivity contribution is -0.141. The lowest BCUT2D eigenvalue weighted by Gasteiger charge is -2.12. The van der Waals surface area contributed by atoms with Crippen LogP contribution in [0.5, 0.6) is 0 Å². The number of benzene rings is 1. The molecule has 0 fully saturated rings. The van der Waals surface area contributed by atoms with Gasteiger partial charge in [0.25, 0.3) is 0 Å². The Balaban J connectivity index is 2.27. The van der Waals surface area contributed by atoms with Crippen molar-refractivity contribution in [2.24, 2.45) is 5.92 Å². The molecule has 0 radical (unpaired) electrons. The topological polar surface area (TPSA) is 92.4 Å². The molecule has 0 spiro atoms. The number of anilines is 1. The molecular weight excluding hydrogens is 268 g/mol. The van der Waals surface area contributed by atoms with Crippen molar-refractivity contribution in [3.05, 3.63) is 29.8 Å². The first kappa shape index (κ1) is 17.0. The van der Waals surface area contributed by atoms with Crippen LogP contribution >= 0.6 is 0 Å². The number of nitrogens with one attached hydrogen (secondary N) is 1. The number of hydrogen-bond acceptors (Lipinski definition) is 3. The zero-order valence-electron chi connectivity index (χ0n) is 12.6. The van der Waals surface area contributed by atoms with E-state index in [1.165, 1.54) is 0 Å². The summed E-state index contributed by atoms with van der Waals surface area (Å²) >= 11 is 0. The zero-order chi connectivity index (χ0) is 15.8. The summed E-state index contributed by atoms with van der Waals surface area (Å²) < 4.78 is 0. The molecule has 0 bridgehead atoms. The van der Waals surface area contributed by atoms with Crippen molar-refractivity contribution < 1.29 is 14.7 Å². The van der Waals surface area contributed by atoms with Gasteiger partial charge >= 0.3 is 5.97 Å². The maximum Gasteiger partial charge on any atom is 0.306 e. The molecule has 2 unspecified atom stereocenters.